The van der Waals surface area contributed by atoms with E-state index >= 15 is 0 Å². The fourth-order valence-corrected chi connectivity index (χ4v) is 3.77. The van der Waals surface area contributed by atoms with Gasteiger partial charge in [0.25, 0.3) is 5.91 Å². The van der Waals surface area contributed by atoms with Gasteiger partial charge in [0.15, 0.2) is 0 Å². The summed E-state index contributed by atoms with van der Waals surface area (Å²) in [4.78, 5) is 14.5. The molecule has 22 heavy (non-hydrogen) atoms. The number of sulfonamides is 1. The molecule has 2 heterocycles. The van der Waals surface area contributed by atoms with E-state index in [-0.39, 0.29) is 5.91 Å². The number of nitrogens with zero attached hydrogens (tertiary/aromatic N) is 4. The van der Waals surface area contributed by atoms with E-state index in [0.29, 0.717) is 38.2 Å². The summed E-state index contributed by atoms with van der Waals surface area (Å²) in [6.45, 7) is 8.26. The van der Waals surface area contributed by atoms with Gasteiger partial charge in [0.2, 0.25) is 10.0 Å². The van der Waals surface area contributed by atoms with E-state index in [9.17, 15) is 13.2 Å². The number of hydrogen-bond donors (Lipinski definition) is 0. The van der Waals surface area contributed by atoms with Crippen molar-refractivity contribution in [2.24, 2.45) is 0 Å². The number of aryl methyl sites for hydroxylation is 2. The van der Waals surface area contributed by atoms with Gasteiger partial charge in [-0.2, -0.15) is 5.10 Å². The second-order valence-electron chi connectivity index (χ2n) is 5.67. The Hall–Kier alpha value is -1.41. The summed E-state index contributed by atoms with van der Waals surface area (Å²) in [5.74, 6) is -0.0509. The molecule has 0 spiro atoms. The summed E-state index contributed by atoms with van der Waals surface area (Å²) in [5, 5.41) is 4.39. The molecule has 8 heteroatoms. The molecule has 0 aromatic carbocycles. The SMILES string of the molecule is CCn1nc(C)c(C(=O)N2CCCN(S(C)(=O)=O)CC2)c1C. The lowest BCUT2D eigenvalue weighted by Crippen LogP contribution is -2.37. The third-order valence-electron chi connectivity index (χ3n) is 4.11. The maximum Gasteiger partial charge on any atom is 0.257 e. The van der Waals surface area contributed by atoms with E-state index < -0.39 is 10.0 Å². The van der Waals surface area contributed by atoms with Crippen LogP contribution in [0.5, 0.6) is 0 Å². The van der Waals surface area contributed by atoms with Crippen LogP contribution in [-0.2, 0) is 16.6 Å². The zero-order valence-electron chi connectivity index (χ0n) is 13.7. The molecule has 0 N–H and O–H groups in total. The van der Waals surface area contributed by atoms with Crippen LogP contribution in [0.3, 0.4) is 0 Å². The lowest BCUT2D eigenvalue weighted by molar-refractivity contribution is 0.0762. The van der Waals surface area contributed by atoms with E-state index in [1.165, 1.54) is 10.6 Å². The molecule has 2 rings (SSSR count). The van der Waals surface area contributed by atoms with Crippen LogP contribution in [0.4, 0.5) is 0 Å². The molecule has 1 aromatic rings. The molecule has 1 aliphatic rings. The number of rotatable bonds is 3. The summed E-state index contributed by atoms with van der Waals surface area (Å²) in [5.41, 5.74) is 2.25. The van der Waals surface area contributed by atoms with Crippen molar-refractivity contribution < 1.29 is 13.2 Å². The first kappa shape index (κ1) is 17.0. The van der Waals surface area contributed by atoms with E-state index in [2.05, 4.69) is 5.10 Å². The van der Waals surface area contributed by atoms with Crippen molar-refractivity contribution >= 4 is 15.9 Å². The maximum atomic E-state index is 12.8. The first-order valence-electron chi connectivity index (χ1n) is 7.54. The molecule has 7 nitrogen and oxygen atoms in total. The van der Waals surface area contributed by atoms with Gasteiger partial charge >= 0.3 is 0 Å². The maximum absolute atomic E-state index is 12.8. The highest BCUT2D eigenvalue weighted by atomic mass is 32.2. The number of aromatic nitrogens is 2. The molecule has 1 amide bonds. The molecule has 0 bridgehead atoms. The number of carbonyl (C=O) groups excluding carboxylic acids is 1. The predicted molar refractivity (Wildman–Crippen MR) is 84.3 cm³/mol. The Morgan fingerprint density at radius 1 is 1.18 bits per heavy atom. The number of amides is 1. The molecular weight excluding hydrogens is 304 g/mol. The summed E-state index contributed by atoms with van der Waals surface area (Å²) in [6, 6.07) is 0. The Balaban J connectivity index is 2.19. The van der Waals surface area contributed by atoms with Crippen molar-refractivity contribution in [2.75, 3.05) is 32.4 Å². The zero-order valence-corrected chi connectivity index (χ0v) is 14.5. The second-order valence-corrected chi connectivity index (χ2v) is 7.65. The van der Waals surface area contributed by atoms with Crippen molar-refractivity contribution in [2.45, 2.75) is 33.7 Å². The third kappa shape index (κ3) is 3.33. The quantitative estimate of drug-likeness (QED) is 0.815. The van der Waals surface area contributed by atoms with Crippen molar-refractivity contribution in [3.8, 4) is 0 Å². The van der Waals surface area contributed by atoms with E-state index in [4.69, 9.17) is 0 Å². The van der Waals surface area contributed by atoms with Crippen LogP contribution in [0, 0.1) is 13.8 Å². The van der Waals surface area contributed by atoms with Crippen molar-refractivity contribution in [1.82, 2.24) is 19.0 Å². The Kier molecular flexibility index (Phi) is 4.91. The average molecular weight is 328 g/mol. The van der Waals surface area contributed by atoms with Crippen LogP contribution in [0.15, 0.2) is 0 Å². The molecule has 0 unspecified atom stereocenters. The van der Waals surface area contributed by atoms with Gasteiger partial charge in [-0.3, -0.25) is 9.48 Å². The van der Waals surface area contributed by atoms with Crippen LogP contribution in [0.1, 0.15) is 35.1 Å². The highest BCUT2D eigenvalue weighted by molar-refractivity contribution is 7.88. The van der Waals surface area contributed by atoms with Gasteiger partial charge in [-0.05, 0) is 27.2 Å². The van der Waals surface area contributed by atoms with Gasteiger partial charge in [0.05, 0.1) is 17.5 Å². The Labute approximate surface area is 131 Å². The molecule has 0 saturated carbocycles. The topological polar surface area (TPSA) is 75.5 Å². The summed E-state index contributed by atoms with van der Waals surface area (Å²) in [6.07, 6.45) is 1.86. The van der Waals surface area contributed by atoms with Crippen molar-refractivity contribution in [3.63, 3.8) is 0 Å². The fraction of sp³-hybridized carbons (Fsp3) is 0.714. The van der Waals surface area contributed by atoms with Crippen LogP contribution in [0.25, 0.3) is 0 Å². The monoisotopic (exact) mass is 328 g/mol. The van der Waals surface area contributed by atoms with E-state index in [1.54, 1.807) is 4.90 Å². The van der Waals surface area contributed by atoms with Gasteiger partial charge in [-0.15, -0.1) is 0 Å². The normalized spacial score (nSPS) is 17.5. The number of hydrogen-bond acceptors (Lipinski definition) is 4. The first-order valence-corrected chi connectivity index (χ1v) is 9.39. The van der Waals surface area contributed by atoms with Crippen LogP contribution >= 0.6 is 0 Å². The second kappa shape index (κ2) is 6.37. The molecule has 1 aliphatic heterocycles. The van der Waals surface area contributed by atoms with Crippen molar-refractivity contribution in [1.29, 1.82) is 0 Å². The minimum Gasteiger partial charge on any atom is -0.337 e. The highest BCUT2D eigenvalue weighted by Gasteiger charge is 2.27. The molecule has 1 aromatic heterocycles. The lowest BCUT2D eigenvalue weighted by Gasteiger charge is -2.21. The fourth-order valence-electron chi connectivity index (χ4n) is 2.90. The zero-order chi connectivity index (χ0) is 16.5. The van der Waals surface area contributed by atoms with Crippen LogP contribution in [0.2, 0.25) is 0 Å². The Morgan fingerprint density at radius 2 is 1.86 bits per heavy atom. The molecule has 0 radical (unpaired) electrons. The standard InChI is InChI=1S/C14H24N4O3S/c1-5-18-12(3)13(11(2)15-18)14(19)16-7-6-8-17(10-9-16)22(4,20)21/h5-10H2,1-4H3. The van der Waals surface area contributed by atoms with Gasteiger partial charge in [-0.25, -0.2) is 12.7 Å². The highest BCUT2D eigenvalue weighted by Crippen LogP contribution is 2.17. The van der Waals surface area contributed by atoms with E-state index in [1.807, 2.05) is 25.5 Å². The minimum absolute atomic E-state index is 0.0509. The van der Waals surface area contributed by atoms with Gasteiger partial charge in [-0.1, -0.05) is 0 Å². The summed E-state index contributed by atoms with van der Waals surface area (Å²) in [7, 11) is -3.20. The van der Waals surface area contributed by atoms with Crippen molar-refractivity contribution in [3.05, 3.63) is 17.0 Å². The van der Waals surface area contributed by atoms with Crippen LogP contribution in [-0.4, -0.2) is 65.7 Å². The lowest BCUT2D eigenvalue weighted by atomic mass is 10.1. The molecule has 1 fully saturated rings. The van der Waals surface area contributed by atoms with Gasteiger partial charge in [0, 0.05) is 38.4 Å². The smallest absolute Gasteiger partial charge is 0.257 e. The summed E-state index contributed by atoms with van der Waals surface area (Å²) >= 11 is 0. The Bertz CT molecular complexity index is 666. The molecular formula is C14H24N4O3S. The third-order valence-corrected chi connectivity index (χ3v) is 5.41. The van der Waals surface area contributed by atoms with E-state index in [0.717, 1.165) is 17.9 Å². The summed E-state index contributed by atoms with van der Waals surface area (Å²) < 4.78 is 26.6. The molecule has 1 saturated heterocycles. The van der Waals surface area contributed by atoms with Crippen LogP contribution < -0.4 is 0 Å². The molecule has 0 aliphatic carbocycles. The Morgan fingerprint density at radius 3 is 2.41 bits per heavy atom. The first-order chi connectivity index (χ1) is 10.3. The largest absolute Gasteiger partial charge is 0.337 e. The average Bonchev–Trinajstić information content (AvgIpc) is 2.64. The number of carbonyl (C=O) groups is 1. The van der Waals surface area contributed by atoms with Gasteiger partial charge in [0.1, 0.15) is 0 Å². The minimum atomic E-state index is -3.20. The molecule has 0 atom stereocenters. The molecule has 124 valence electrons. The van der Waals surface area contributed by atoms with Gasteiger partial charge < -0.3 is 4.90 Å². The predicted octanol–water partition coefficient (Wildman–Crippen LogP) is 0.627.